The molecule has 0 saturated heterocycles. The maximum absolute atomic E-state index is 12.8. The van der Waals surface area contributed by atoms with Crippen molar-refractivity contribution in [3.8, 4) is 0 Å². The zero-order chi connectivity index (χ0) is 26.5. The first-order valence-electron chi connectivity index (χ1n) is 14.7. The maximum Gasteiger partial charge on any atom is 0.309 e. The van der Waals surface area contributed by atoms with Crippen molar-refractivity contribution in [2.45, 2.75) is 119 Å². The van der Waals surface area contributed by atoms with E-state index in [9.17, 15) is 14.7 Å². The van der Waals surface area contributed by atoms with E-state index in [4.69, 9.17) is 4.74 Å². The molecule has 5 saturated carbocycles. The number of ether oxygens (including phenoxy) is 1. The number of carbonyl (C=O) groups is 2. The fourth-order valence-electron chi connectivity index (χ4n) is 11.9. The van der Waals surface area contributed by atoms with Gasteiger partial charge >= 0.3 is 11.9 Å². The Morgan fingerprint density at radius 2 is 1.50 bits per heavy atom. The molecule has 0 heterocycles. The Labute approximate surface area is 219 Å². The van der Waals surface area contributed by atoms with Gasteiger partial charge in [-0.05, 0) is 117 Å². The molecule has 0 amide bonds. The van der Waals surface area contributed by atoms with Gasteiger partial charge in [0.1, 0.15) is 6.10 Å². The summed E-state index contributed by atoms with van der Waals surface area (Å²) in [4.78, 5) is 24.7. The summed E-state index contributed by atoms with van der Waals surface area (Å²) in [7, 11) is 0. The van der Waals surface area contributed by atoms with Crippen molar-refractivity contribution in [1.82, 2.24) is 0 Å². The number of aliphatic carboxylic acids is 1. The van der Waals surface area contributed by atoms with Crippen molar-refractivity contribution in [2.75, 3.05) is 0 Å². The quantitative estimate of drug-likeness (QED) is 0.320. The van der Waals surface area contributed by atoms with E-state index in [0.717, 1.165) is 44.9 Å². The molecule has 4 heteroatoms. The zero-order valence-corrected chi connectivity index (χ0v) is 23.9. The van der Waals surface area contributed by atoms with Crippen molar-refractivity contribution in [1.29, 1.82) is 0 Å². The summed E-state index contributed by atoms with van der Waals surface area (Å²) in [6, 6.07) is 0. The number of carboxylic acids is 1. The number of hydrogen-bond donors (Lipinski definition) is 1. The van der Waals surface area contributed by atoms with Crippen LogP contribution >= 0.6 is 0 Å². The van der Waals surface area contributed by atoms with Crippen LogP contribution in [0.5, 0.6) is 0 Å². The highest BCUT2D eigenvalue weighted by atomic mass is 16.5. The summed E-state index contributed by atoms with van der Waals surface area (Å²) in [5, 5.41) is 10.5. The second-order valence-corrected chi connectivity index (χ2v) is 15.1. The topological polar surface area (TPSA) is 63.6 Å². The van der Waals surface area contributed by atoms with Crippen molar-refractivity contribution >= 4 is 11.9 Å². The minimum absolute atomic E-state index is 0.00466. The normalized spacial score (nSPS) is 51.2. The van der Waals surface area contributed by atoms with E-state index in [1.807, 2.05) is 0 Å². The van der Waals surface area contributed by atoms with Crippen molar-refractivity contribution in [2.24, 2.45) is 56.7 Å². The van der Waals surface area contributed by atoms with E-state index in [1.165, 1.54) is 24.8 Å². The molecule has 0 aromatic heterocycles. The molecule has 36 heavy (non-hydrogen) atoms. The first-order valence-corrected chi connectivity index (χ1v) is 14.7. The van der Waals surface area contributed by atoms with Crippen LogP contribution in [0, 0.1) is 56.7 Å². The molecule has 4 nitrogen and oxygen atoms in total. The lowest BCUT2D eigenvalue weighted by atomic mass is 9.32. The third-order valence-electron chi connectivity index (χ3n) is 13.7. The average Bonchev–Trinajstić information content (AvgIpc) is 3.17. The predicted molar refractivity (Wildman–Crippen MR) is 142 cm³/mol. The molecule has 0 aromatic rings. The summed E-state index contributed by atoms with van der Waals surface area (Å²) < 4.78 is 5.88. The van der Waals surface area contributed by atoms with E-state index in [0.29, 0.717) is 23.7 Å². The highest BCUT2D eigenvalue weighted by molar-refractivity contribution is 5.76. The van der Waals surface area contributed by atoms with Crippen LogP contribution in [-0.4, -0.2) is 23.1 Å². The van der Waals surface area contributed by atoms with Gasteiger partial charge in [-0.15, -0.1) is 0 Å². The minimum atomic E-state index is -0.553. The second-order valence-electron chi connectivity index (χ2n) is 15.1. The number of allylic oxidation sites excluding steroid dienone is 1. The van der Waals surface area contributed by atoms with Crippen LogP contribution in [0.1, 0.15) is 113 Å². The molecule has 0 aliphatic heterocycles. The third kappa shape index (κ3) is 3.17. The molecule has 0 radical (unpaired) electrons. The minimum Gasteiger partial charge on any atom is -0.481 e. The van der Waals surface area contributed by atoms with Crippen LogP contribution in [0.4, 0.5) is 0 Å². The van der Waals surface area contributed by atoms with Gasteiger partial charge in [0.15, 0.2) is 0 Å². The number of fused-ring (bicyclic) bond motifs is 7. The maximum atomic E-state index is 12.8. The SMILES string of the molecule is C=C(C)C1CCC2(C(=O)O)CC[C@]3(C)C(CC[C@@H]4C5(C)CCC(OC(C)=O)C(C)(C)[C@@H]5CCC43C)C12. The largest absolute Gasteiger partial charge is 0.481 e. The highest BCUT2D eigenvalue weighted by Crippen LogP contribution is 2.77. The standard InChI is InChI=1S/C32H50O4/c1-19(2)21-11-16-32(27(34)35)18-17-30(7)22(26(21)32)9-10-24-29(6)14-13-25(36-20(3)33)28(4,5)23(29)12-15-31(24,30)8/h21-26H,1,9-18H2,2-8H3,(H,34,35)/t21?,22?,23-,24+,25?,26?,29?,30+,31?,32?/m0/s1. The Balaban J connectivity index is 1.52. The van der Waals surface area contributed by atoms with Gasteiger partial charge in [0, 0.05) is 12.3 Å². The lowest BCUT2D eigenvalue weighted by molar-refractivity contribution is -0.250. The summed E-state index contributed by atoms with van der Waals surface area (Å²) in [6.45, 7) is 20.4. The van der Waals surface area contributed by atoms with E-state index in [2.05, 4.69) is 48.1 Å². The van der Waals surface area contributed by atoms with Crippen LogP contribution in [0.15, 0.2) is 12.2 Å². The number of hydrogen-bond acceptors (Lipinski definition) is 3. The molecule has 7 unspecified atom stereocenters. The zero-order valence-electron chi connectivity index (χ0n) is 23.9. The molecule has 5 fully saturated rings. The fourth-order valence-corrected chi connectivity index (χ4v) is 11.9. The molecule has 0 aromatic carbocycles. The molecular formula is C32H50O4. The third-order valence-corrected chi connectivity index (χ3v) is 13.7. The molecule has 5 aliphatic carbocycles. The van der Waals surface area contributed by atoms with Crippen LogP contribution in [0.25, 0.3) is 0 Å². The smallest absolute Gasteiger partial charge is 0.309 e. The monoisotopic (exact) mass is 498 g/mol. The number of carbonyl (C=O) groups excluding carboxylic acids is 1. The molecule has 0 bridgehead atoms. The molecular weight excluding hydrogens is 448 g/mol. The van der Waals surface area contributed by atoms with E-state index >= 15 is 0 Å². The van der Waals surface area contributed by atoms with Gasteiger partial charge in [-0.2, -0.15) is 0 Å². The molecule has 202 valence electrons. The number of rotatable bonds is 3. The van der Waals surface area contributed by atoms with Crippen LogP contribution in [0.2, 0.25) is 0 Å². The van der Waals surface area contributed by atoms with Gasteiger partial charge in [0.2, 0.25) is 0 Å². The van der Waals surface area contributed by atoms with Gasteiger partial charge in [-0.1, -0.05) is 46.8 Å². The van der Waals surface area contributed by atoms with E-state index in [-0.39, 0.29) is 39.7 Å². The molecule has 0 spiro atoms. The van der Waals surface area contributed by atoms with Gasteiger partial charge in [0.05, 0.1) is 5.41 Å². The van der Waals surface area contributed by atoms with Crippen LogP contribution in [0.3, 0.4) is 0 Å². The Hall–Kier alpha value is -1.32. The first kappa shape index (κ1) is 26.3. The van der Waals surface area contributed by atoms with Gasteiger partial charge < -0.3 is 9.84 Å². The van der Waals surface area contributed by atoms with Crippen molar-refractivity contribution in [3.63, 3.8) is 0 Å². The summed E-state index contributed by atoms with van der Waals surface area (Å²) in [5.41, 5.74) is 1.20. The molecule has 5 rings (SSSR count). The second kappa shape index (κ2) is 8.09. The molecule has 10 atom stereocenters. The van der Waals surface area contributed by atoms with Gasteiger partial charge in [-0.3, -0.25) is 9.59 Å². The number of esters is 1. The van der Waals surface area contributed by atoms with Gasteiger partial charge in [0.25, 0.3) is 0 Å². The van der Waals surface area contributed by atoms with E-state index < -0.39 is 11.4 Å². The lowest BCUT2D eigenvalue weighted by Crippen LogP contribution is -2.67. The summed E-state index contributed by atoms with van der Waals surface area (Å²) in [6.07, 6.45) is 10.5. The van der Waals surface area contributed by atoms with Crippen LogP contribution in [-0.2, 0) is 14.3 Å². The van der Waals surface area contributed by atoms with Crippen molar-refractivity contribution in [3.05, 3.63) is 12.2 Å². The summed E-state index contributed by atoms with van der Waals surface area (Å²) >= 11 is 0. The fraction of sp³-hybridized carbons (Fsp3) is 0.875. The Bertz CT molecular complexity index is 967. The Kier molecular flexibility index (Phi) is 5.91. The molecule has 1 N–H and O–H groups in total. The summed E-state index contributed by atoms with van der Waals surface area (Å²) in [5.74, 6) is 1.49. The van der Waals surface area contributed by atoms with Crippen LogP contribution < -0.4 is 0 Å². The first-order chi connectivity index (χ1) is 16.6. The van der Waals surface area contributed by atoms with Crippen molar-refractivity contribution < 1.29 is 19.4 Å². The Morgan fingerprint density at radius 3 is 2.11 bits per heavy atom. The average molecular weight is 499 g/mol. The van der Waals surface area contributed by atoms with E-state index in [1.54, 1.807) is 6.92 Å². The molecule has 5 aliphatic rings. The highest BCUT2D eigenvalue weighted by Gasteiger charge is 2.72. The van der Waals surface area contributed by atoms with Gasteiger partial charge in [-0.25, -0.2) is 0 Å². The Morgan fingerprint density at radius 1 is 0.806 bits per heavy atom. The predicted octanol–water partition coefficient (Wildman–Crippen LogP) is 7.66. The number of carboxylic acid groups (broad SMARTS) is 1. The lowest BCUT2D eigenvalue weighted by Gasteiger charge is -2.72.